The second kappa shape index (κ2) is 14.6. The van der Waals surface area contributed by atoms with Crippen LogP contribution in [0.4, 0.5) is 17.1 Å². The molecule has 0 aliphatic heterocycles. The lowest BCUT2D eigenvalue weighted by Crippen LogP contribution is -2.16. The molecule has 0 saturated heterocycles. The number of benzene rings is 10. The third kappa shape index (κ3) is 5.94. The smallest absolute Gasteiger partial charge is 0.0541 e. The first-order chi connectivity index (χ1) is 31.0. The van der Waals surface area contributed by atoms with E-state index in [4.69, 9.17) is 0 Å². The average Bonchev–Trinajstić information content (AvgIpc) is 3.79. The first-order valence-corrected chi connectivity index (χ1v) is 21.9. The molecule has 11 aromatic rings. The molecule has 1 heterocycles. The van der Waals surface area contributed by atoms with E-state index < -0.39 is 0 Å². The molecule has 0 amide bonds. The highest BCUT2D eigenvalue weighted by Gasteiger charge is 2.36. The number of aromatic nitrogens is 1. The molecule has 12 rings (SSSR count). The van der Waals surface area contributed by atoms with E-state index in [1.807, 2.05) is 0 Å². The molecule has 0 bridgehead atoms. The first kappa shape index (κ1) is 36.9. The Bertz CT molecular complexity index is 3520. The van der Waals surface area contributed by atoms with Crippen LogP contribution in [0.25, 0.3) is 82.8 Å². The van der Waals surface area contributed by atoms with Gasteiger partial charge in [0.25, 0.3) is 0 Å². The van der Waals surface area contributed by atoms with E-state index >= 15 is 0 Å². The van der Waals surface area contributed by atoms with Crippen molar-refractivity contribution >= 4 is 49.6 Å². The molecule has 0 fully saturated rings. The summed E-state index contributed by atoms with van der Waals surface area (Å²) in [6.07, 6.45) is 0. The Labute approximate surface area is 368 Å². The molecule has 10 aromatic carbocycles. The third-order valence-electron chi connectivity index (χ3n) is 13.4. The summed E-state index contributed by atoms with van der Waals surface area (Å²) in [5.74, 6) is 0. The van der Waals surface area contributed by atoms with Crippen LogP contribution in [0.1, 0.15) is 25.0 Å². The van der Waals surface area contributed by atoms with Crippen LogP contribution in [0.5, 0.6) is 0 Å². The van der Waals surface area contributed by atoms with E-state index in [1.165, 1.54) is 88.2 Å². The van der Waals surface area contributed by atoms with Gasteiger partial charge in [0.1, 0.15) is 0 Å². The Balaban J connectivity index is 1.04. The SMILES string of the molecule is CC1(C)c2ccccc2-c2ccc(N(c3ccc(-c4cccc5cccc(-c6ccccc6)c45)cc3)c3ccccc3-c3ccc4c(c3)c3ccccc3n4-c3ccccc3)cc21. The lowest BCUT2D eigenvalue weighted by atomic mass is 9.82. The molecule has 1 aliphatic carbocycles. The highest BCUT2D eigenvalue weighted by atomic mass is 15.1. The molecule has 0 spiro atoms. The van der Waals surface area contributed by atoms with Gasteiger partial charge in [0.05, 0.1) is 16.7 Å². The van der Waals surface area contributed by atoms with Gasteiger partial charge >= 0.3 is 0 Å². The number of hydrogen-bond donors (Lipinski definition) is 0. The number of nitrogens with zero attached hydrogens (tertiary/aromatic N) is 2. The molecule has 0 N–H and O–H groups in total. The average molecular weight is 805 g/mol. The number of anilines is 3. The highest BCUT2D eigenvalue weighted by molar-refractivity contribution is 6.11. The van der Waals surface area contributed by atoms with Gasteiger partial charge in [-0.25, -0.2) is 0 Å². The van der Waals surface area contributed by atoms with Gasteiger partial charge < -0.3 is 9.47 Å². The number of hydrogen-bond acceptors (Lipinski definition) is 1. The topological polar surface area (TPSA) is 8.17 Å². The Morgan fingerprint density at radius 3 is 1.71 bits per heavy atom. The van der Waals surface area contributed by atoms with E-state index in [9.17, 15) is 0 Å². The molecule has 63 heavy (non-hydrogen) atoms. The normalized spacial score (nSPS) is 12.7. The van der Waals surface area contributed by atoms with E-state index in [0.29, 0.717) is 0 Å². The van der Waals surface area contributed by atoms with Gasteiger partial charge in [0.15, 0.2) is 0 Å². The van der Waals surface area contributed by atoms with E-state index in [1.54, 1.807) is 0 Å². The molecule has 2 nitrogen and oxygen atoms in total. The van der Waals surface area contributed by atoms with Gasteiger partial charge in [-0.3, -0.25) is 0 Å². The van der Waals surface area contributed by atoms with Crippen molar-refractivity contribution in [2.45, 2.75) is 19.3 Å². The van der Waals surface area contributed by atoms with Gasteiger partial charge in [-0.2, -0.15) is 0 Å². The summed E-state index contributed by atoms with van der Waals surface area (Å²) >= 11 is 0. The molecule has 1 aliphatic rings. The summed E-state index contributed by atoms with van der Waals surface area (Å²) in [6.45, 7) is 4.73. The minimum absolute atomic E-state index is 0.139. The van der Waals surface area contributed by atoms with Crippen molar-refractivity contribution in [2.24, 2.45) is 0 Å². The molecular weight excluding hydrogens is 761 g/mol. The van der Waals surface area contributed by atoms with Crippen LogP contribution in [0, 0.1) is 0 Å². The summed E-state index contributed by atoms with van der Waals surface area (Å²) in [4.78, 5) is 2.47. The first-order valence-electron chi connectivity index (χ1n) is 21.9. The Morgan fingerprint density at radius 1 is 0.365 bits per heavy atom. The van der Waals surface area contributed by atoms with Crippen molar-refractivity contribution in [2.75, 3.05) is 4.90 Å². The molecular formula is C61H44N2. The predicted octanol–water partition coefficient (Wildman–Crippen LogP) is 16.7. The Kier molecular flexibility index (Phi) is 8.55. The Hall–Kier alpha value is -7.94. The van der Waals surface area contributed by atoms with Gasteiger partial charge in [-0.05, 0) is 122 Å². The van der Waals surface area contributed by atoms with Crippen molar-refractivity contribution in [3.63, 3.8) is 0 Å². The van der Waals surface area contributed by atoms with Crippen LogP contribution in [-0.2, 0) is 5.41 Å². The van der Waals surface area contributed by atoms with Crippen molar-refractivity contribution in [1.29, 1.82) is 0 Å². The van der Waals surface area contributed by atoms with Gasteiger partial charge in [-0.15, -0.1) is 0 Å². The zero-order valence-corrected chi connectivity index (χ0v) is 35.3. The summed E-state index contributed by atoms with van der Waals surface area (Å²) in [5, 5.41) is 4.98. The minimum atomic E-state index is -0.139. The molecule has 0 saturated carbocycles. The van der Waals surface area contributed by atoms with Gasteiger partial charge in [0.2, 0.25) is 0 Å². The lowest BCUT2D eigenvalue weighted by Gasteiger charge is -2.30. The zero-order valence-electron chi connectivity index (χ0n) is 35.3. The van der Waals surface area contributed by atoms with Crippen LogP contribution in [0.15, 0.2) is 231 Å². The fourth-order valence-corrected chi connectivity index (χ4v) is 10.4. The second-order valence-electron chi connectivity index (χ2n) is 17.3. The van der Waals surface area contributed by atoms with Crippen molar-refractivity contribution in [1.82, 2.24) is 4.57 Å². The van der Waals surface area contributed by atoms with Crippen LogP contribution < -0.4 is 4.90 Å². The lowest BCUT2D eigenvalue weighted by molar-refractivity contribution is 0.660. The van der Waals surface area contributed by atoms with Crippen molar-refractivity contribution in [3.8, 4) is 50.2 Å². The van der Waals surface area contributed by atoms with E-state index in [2.05, 4.69) is 254 Å². The maximum atomic E-state index is 2.47. The van der Waals surface area contributed by atoms with Crippen molar-refractivity contribution in [3.05, 3.63) is 242 Å². The fourth-order valence-electron chi connectivity index (χ4n) is 10.4. The fraction of sp³-hybridized carbons (Fsp3) is 0.0492. The molecule has 1 aromatic heterocycles. The Morgan fingerprint density at radius 2 is 0.937 bits per heavy atom. The maximum Gasteiger partial charge on any atom is 0.0541 e. The summed E-state index contributed by atoms with van der Waals surface area (Å²) in [6, 6.07) is 84.6. The number of para-hydroxylation sites is 3. The number of fused-ring (bicyclic) bond motifs is 7. The van der Waals surface area contributed by atoms with E-state index in [-0.39, 0.29) is 5.41 Å². The van der Waals surface area contributed by atoms with Gasteiger partial charge in [-0.1, -0.05) is 184 Å². The zero-order chi connectivity index (χ0) is 42.1. The van der Waals surface area contributed by atoms with Crippen LogP contribution in [-0.4, -0.2) is 4.57 Å². The van der Waals surface area contributed by atoms with Crippen LogP contribution in [0.2, 0.25) is 0 Å². The maximum absolute atomic E-state index is 2.47. The summed E-state index contributed by atoms with van der Waals surface area (Å²) in [5.41, 5.74) is 19.4. The quantitative estimate of drug-likeness (QED) is 0.156. The highest BCUT2D eigenvalue weighted by Crippen LogP contribution is 2.51. The summed E-state index contributed by atoms with van der Waals surface area (Å²) < 4.78 is 2.39. The molecule has 2 heteroatoms. The third-order valence-corrected chi connectivity index (χ3v) is 13.4. The largest absolute Gasteiger partial charge is 0.310 e. The molecule has 298 valence electrons. The van der Waals surface area contributed by atoms with Crippen LogP contribution in [0.3, 0.4) is 0 Å². The van der Waals surface area contributed by atoms with Crippen LogP contribution >= 0.6 is 0 Å². The van der Waals surface area contributed by atoms with E-state index in [0.717, 1.165) is 22.7 Å². The standard InChI is InChI=1S/C61H44N2/c1-61(2)55-28-12-9-24-51(55)52-37-36-47(40-56(52)61)62(46-34-31-42(32-35-46)50-27-16-20-43-19-15-26-49(60(43)50)41-17-5-3-6-18-41)57-29-13-10-23-48(57)44-33-38-59-54(39-44)53-25-11-14-30-58(53)63(59)45-21-7-4-8-22-45/h3-40H,1-2H3. The number of rotatable bonds is 7. The van der Waals surface area contributed by atoms with Gasteiger partial charge in [0, 0.05) is 38.8 Å². The second-order valence-corrected chi connectivity index (χ2v) is 17.3. The molecule has 0 radical (unpaired) electrons. The van der Waals surface area contributed by atoms with Crippen molar-refractivity contribution < 1.29 is 0 Å². The predicted molar refractivity (Wildman–Crippen MR) is 267 cm³/mol. The summed E-state index contributed by atoms with van der Waals surface area (Å²) in [7, 11) is 0. The minimum Gasteiger partial charge on any atom is -0.310 e. The molecule has 0 atom stereocenters. The monoisotopic (exact) mass is 804 g/mol. The molecule has 0 unspecified atom stereocenters.